The summed E-state index contributed by atoms with van der Waals surface area (Å²) in [6.07, 6.45) is 0.761. The van der Waals surface area contributed by atoms with E-state index in [-0.39, 0.29) is 6.03 Å². The van der Waals surface area contributed by atoms with Crippen molar-refractivity contribution >= 4 is 29.0 Å². The number of rotatable bonds is 4. The van der Waals surface area contributed by atoms with Crippen LogP contribution in [0, 0.1) is 0 Å². The van der Waals surface area contributed by atoms with Crippen LogP contribution in [0.2, 0.25) is 0 Å². The van der Waals surface area contributed by atoms with Gasteiger partial charge in [0, 0.05) is 23.8 Å². The van der Waals surface area contributed by atoms with E-state index in [0.29, 0.717) is 23.8 Å². The van der Waals surface area contributed by atoms with Gasteiger partial charge in [-0.1, -0.05) is 0 Å². The van der Waals surface area contributed by atoms with Crippen LogP contribution >= 0.6 is 11.6 Å². The van der Waals surface area contributed by atoms with Gasteiger partial charge in [-0.25, -0.2) is 4.79 Å². The third-order valence-electron chi connectivity index (χ3n) is 1.76. The first kappa shape index (κ1) is 11.7. The predicted octanol–water partition coefficient (Wildman–Crippen LogP) is 2.02. The molecule has 0 heterocycles. The van der Waals surface area contributed by atoms with Crippen LogP contribution in [0.15, 0.2) is 24.3 Å². The number of benzene rings is 1. The highest BCUT2D eigenvalue weighted by molar-refractivity contribution is 6.17. The van der Waals surface area contributed by atoms with Gasteiger partial charge < -0.3 is 16.4 Å². The molecule has 4 N–H and O–H groups in total. The highest BCUT2D eigenvalue weighted by Gasteiger charge is 1.99. The first-order valence-electron chi connectivity index (χ1n) is 4.68. The number of halogens is 1. The Bertz CT molecular complexity index is 313. The minimum absolute atomic E-state index is 0.232. The molecule has 4 nitrogen and oxygen atoms in total. The van der Waals surface area contributed by atoms with Crippen molar-refractivity contribution in [1.82, 2.24) is 5.32 Å². The summed E-state index contributed by atoms with van der Waals surface area (Å²) in [7, 11) is 0. The fourth-order valence-electron chi connectivity index (χ4n) is 1.01. The van der Waals surface area contributed by atoms with Gasteiger partial charge in [-0.3, -0.25) is 0 Å². The van der Waals surface area contributed by atoms with E-state index in [9.17, 15) is 4.79 Å². The Morgan fingerprint density at radius 2 is 2.00 bits per heavy atom. The number of amides is 2. The van der Waals surface area contributed by atoms with Gasteiger partial charge in [0.2, 0.25) is 0 Å². The monoisotopic (exact) mass is 227 g/mol. The standard InChI is InChI=1S/C10H14ClN3O/c11-6-1-7-13-10(15)14-9-4-2-8(12)3-5-9/h2-5H,1,6-7,12H2,(H2,13,14,15). The van der Waals surface area contributed by atoms with Crippen molar-refractivity contribution in [3.63, 3.8) is 0 Å². The Hall–Kier alpha value is -1.42. The van der Waals surface area contributed by atoms with Crippen molar-refractivity contribution in [3.05, 3.63) is 24.3 Å². The fourth-order valence-corrected chi connectivity index (χ4v) is 1.14. The summed E-state index contributed by atoms with van der Waals surface area (Å²) >= 11 is 5.48. The van der Waals surface area contributed by atoms with Crippen molar-refractivity contribution in [3.8, 4) is 0 Å². The van der Waals surface area contributed by atoms with E-state index in [2.05, 4.69) is 10.6 Å². The Morgan fingerprint density at radius 3 is 2.60 bits per heavy atom. The topological polar surface area (TPSA) is 67.1 Å². The van der Waals surface area contributed by atoms with Crippen molar-refractivity contribution < 1.29 is 4.79 Å². The predicted molar refractivity (Wildman–Crippen MR) is 63.2 cm³/mol. The number of alkyl halides is 1. The minimum atomic E-state index is -0.232. The molecular weight excluding hydrogens is 214 g/mol. The largest absolute Gasteiger partial charge is 0.399 e. The number of urea groups is 1. The third-order valence-corrected chi connectivity index (χ3v) is 2.03. The van der Waals surface area contributed by atoms with Crippen molar-refractivity contribution in [2.75, 3.05) is 23.5 Å². The summed E-state index contributed by atoms with van der Waals surface area (Å²) in [4.78, 5) is 11.3. The molecule has 0 saturated carbocycles. The molecule has 0 aromatic heterocycles. The van der Waals surface area contributed by atoms with Crippen LogP contribution in [0.3, 0.4) is 0 Å². The number of nitrogen functional groups attached to an aromatic ring is 1. The number of nitrogens with one attached hydrogen (secondary N) is 2. The molecule has 0 aliphatic carbocycles. The van der Waals surface area contributed by atoms with E-state index in [1.807, 2.05) is 0 Å². The third kappa shape index (κ3) is 4.56. The molecule has 0 aliphatic rings. The highest BCUT2D eigenvalue weighted by Crippen LogP contribution is 2.09. The number of carbonyl (C=O) groups excluding carboxylic acids is 1. The first-order valence-corrected chi connectivity index (χ1v) is 5.22. The average molecular weight is 228 g/mol. The SMILES string of the molecule is Nc1ccc(NC(=O)NCCCCl)cc1. The van der Waals surface area contributed by atoms with Gasteiger partial charge in [-0.2, -0.15) is 0 Å². The molecule has 0 spiro atoms. The van der Waals surface area contributed by atoms with Gasteiger partial charge in [0.25, 0.3) is 0 Å². The van der Waals surface area contributed by atoms with E-state index in [1.54, 1.807) is 24.3 Å². The number of nitrogens with two attached hydrogens (primary N) is 1. The summed E-state index contributed by atoms with van der Waals surface area (Å²) in [5, 5.41) is 5.36. The van der Waals surface area contributed by atoms with E-state index < -0.39 is 0 Å². The molecule has 1 rings (SSSR count). The zero-order valence-electron chi connectivity index (χ0n) is 8.29. The summed E-state index contributed by atoms with van der Waals surface area (Å²) in [6.45, 7) is 0.574. The maximum absolute atomic E-state index is 11.3. The second kappa shape index (κ2) is 6.14. The van der Waals surface area contributed by atoms with Crippen LogP contribution < -0.4 is 16.4 Å². The van der Waals surface area contributed by atoms with Crippen LogP contribution in [-0.2, 0) is 0 Å². The van der Waals surface area contributed by atoms with Crippen molar-refractivity contribution in [1.29, 1.82) is 0 Å². The smallest absolute Gasteiger partial charge is 0.319 e. The normalized spacial score (nSPS) is 9.67. The lowest BCUT2D eigenvalue weighted by Crippen LogP contribution is -2.29. The summed E-state index contributed by atoms with van der Waals surface area (Å²) in [5.41, 5.74) is 6.90. The molecule has 1 aromatic rings. The molecule has 1 aromatic carbocycles. The van der Waals surface area contributed by atoms with Crippen LogP contribution in [0.1, 0.15) is 6.42 Å². The van der Waals surface area contributed by atoms with E-state index in [0.717, 1.165) is 6.42 Å². The van der Waals surface area contributed by atoms with Crippen LogP contribution in [0.5, 0.6) is 0 Å². The molecule has 0 saturated heterocycles. The van der Waals surface area contributed by atoms with Gasteiger partial charge in [-0.15, -0.1) is 11.6 Å². The zero-order valence-corrected chi connectivity index (χ0v) is 9.05. The molecule has 0 radical (unpaired) electrons. The molecular formula is C10H14ClN3O. The molecule has 0 fully saturated rings. The summed E-state index contributed by atoms with van der Waals surface area (Å²) in [6, 6.07) is 6.72. The first-order chi connectivity index (χ1) is 7.22. The Morgan fingerprint density at radius 1 is 1.33 bits per heavy atom. The van der Waals surface area contributed by atoms with Crippen LogP contribution in [0.4, 0.5) is 16.2 Å². The second-order valence-electron chi connectivity index (χ2n) is 3.05. The quantitative estimate of drug-likeness (QED) is 0.419. The van der Waals surface area contributed by atoms with Crippen LogP contribution in [0.25, 0.3) is 0 Å². The molecule has 0 unspecified atom stereocenters. The number of hydrogen-bond donors (Lipinski definition) is 3. The molecule has 15 heavy (non-hydrogen) atoms. The molecule has 5 heteroatoms. The molecule has 0 atom stereocenters. The van der Waals surface area contributed by atoms with E-state index in [4.69, 9.17) is 17.3 Å². The van der Waals surface area contributed by atoms with E-state index in [1.165, 1.54) is 0 Å². The Kier molecular flexibility index (Phi) is 4.77. The Balaban J connectivity index is 2.34. The molecule has 82 valence electrons. The lowest BCUT2D eigenvalue weighted by atomic mass is 10.3. The zero-order chi connectivity index (χ0) is 11.1. The van der Waals surface area contributed by atoms with Gasteiger partial charge in [-0.05, 0) is 30.7 Å². The van der Waals surface area contributed by atoms with Crippen molar-refractivity contribution in [2.45, 2.75) is 6.42 Å². The van der Waals surface area contributed by atoms with Gasteiger partial charge >= 0.3 is 6.03 Å². The van der Waals surface area contributed by atoms with Crippen molar-refractivity contribution in [2.24, 2.45) is 0 Å². The van der Waals surface area contributed by atoms with Gasteiger partial charge in [0.05, 0.1) is 0 Å². The van der Waals surface area contributed by atoms with Gasteiger partial charge in [0.1, 0.15) is 0 Å². The molecule has 0 aliphatic heterocycles. The Labute approximate surface area is 93.8 Å². The minimum Gasteiger partial charge on any atom is -0.399 e. The van der Waals surface area contributed by atoms with E-state index >= 15 is 0 Å². The average Bonchev–Trinajstić information content (AvgIpc) is 2.22. The number of carbonyl (C=O) groups is 1. The highest BCUT2D eigenvalue weighted by atomic mass is 35.5. The number of anilines is 2. The number of hydrogen-bond acceptors (Lipinski definition) is 2. The van der Waals surface area contributed by atoms with Crippen LogP contribution in [-0.4, -0.2) is 18.5 Å². The maximum atomic E-state index is 11.3. The van der Waals surface area contributed by atoms with Gasteiger partial charge in [0.15, 0.2) is 0 Å². The maximum Gasteiger partial charge on any atom is 0.319 e. The molecule has 2 amide bonds. The second-order valence-corrected chi connectivity index (χ2v) is 3.42. The summed E-state index contributed by atoms with van der Waals surface area (Å²) < 4.78 is 0. The molecule has 0 bridgehead atoms. The lowest BCUT2D eigenvalue weighted by molar-refractivity contribution is 0.252. The lowest BCUT2D eigenvalue weighted by Gasteiger charge is -2.06. The summed E-state index contributed by atoms with van der Waals surface area (Å²) in [5.74, 6) is 0.544. The fraction of sp³-hybridized carbons (Fsp3) is 0.300.